The van der Waals surface area contributed by atoms with Crippen LogP contribution in [0.5, 0.6) is 0 Å². The molecule has 6 nitrogen and oxygen atoms in total. The van der Waals surface area contributed by atoms with Crippen LogP contribution in [0.15, 0.2) is 30.3 Å². The van der Waals surface area contributed by atoms with Gasteiger partial charge < -0.3 is 10.0 Å². The molecule has 1 fully saturated rings. The van der Waals surface area contributed by atoms with Gasteiger partial charge in [0.05, 0.1) is 11.1 Å². The number of carboxylic acids is 1. The first-order chi connectivity index (χ1) is 12.8. The maximum atomic E-state index is 12.7. The van der Waals surface area contributed by atoms with Gasteiger partial charge in [-0.1, -0.05) is 30.3 Å². The number of carbonyl (C=O) groups excluding carboxylic acids is 1. The van der Waals surface area contributed by atoms with Crippen LogP contribution in [0.1, 0.15) is 41.8 Å². The van der Waals surface area contributed by atoms with Gasteiger partial charge in [-0.3, -0.25) is 14.3 Å². The first-order valence-corrected chi connectivity index (χ1v) is 9.41. The van der Waals surface area contributed by atoms with Crippen LogP contribution in [0, 0.1) is 13.8 Å². The fourth-order valence-corrected chi connectivity index (χ4v) is 4.09. The van der Waals surface area contributed by atoms with Gasteiger partial charge in [0.25, 0.3) is 0 Å². The molecular weight excluding hydrogens is 342 g/mol. The second-order valence-electron chi connectivity index (χ2n) is 7.41. The Bertz CT molecular complexity index is 834. The van der Waals surface area contributed by atoms with E-state index in [-0.39, 0.29) is 5.91 Å². The Morgan fingerprint density at radius 3 is 2.30 bits per heavy atom. The van der Waals surface area contributed by atoms with Crippen molar-refractivity contribution in [2.75, 3.05) is 13.1 Å². The van der Waals surface area contributed by atoms with Gasteiger partial charge in [-0.25, -0.2) is 0 Å². The van der Waals surface area contributed by atoms with Gasteiger partial charge in [0.2, 0.25) is 5.91 Å². The van der Waals surface area contributed by atoms with Crippen molar-refractivity contribution in [1.82, 2.24) is 14.7 Å². The van der Waals surface area contributed by atoms with Crippen LogP contribution in [-0.4, -0.2) is 44.8 Å². The summed E-state index contributed by atoms with van der Waals surface area (Å²) in [4.78, 5) is 26.5. The van der Waals surface area contributed by atoms with Crippen LogP contribution in [0.3, 0.4) is 0 Å². The summed E-state index contributed by atoms with van der Waals surface area (Å²) in [5.74, 6) is -0.716. The second-order valence-corrected chi connectivity index (χ2v) is 7.41. The number of amides is 1. The minimum Gasteiger partial charge on any atom is -0.481 e. The Morgan fingerprint density at radius 2 is 1.78 bits per heavy atom. The van der Waals surface area contributed by atoms with Crippen molar-refractivity contribution in [3.05, 3.63) is 52.8 Å². The number of rotatable bonds is 5. The lowest BCUT2D eigenvalue weighted by Gasteiger charge is -2.39. The number of piperidine rings is 1. The monoisotopic (exact) mass is 369 g/mol. The molecule has 1 aromatic carbocycles. The largest absolute Gasteiger partial charge is 0.481 e. The Morgan fingerprint density at radius 1 is 1.15 bits per heavy atom. The van der Waals surface area contributed by atoms with E-state index >= 15 is 0 Å². The minimum atomic E-state index is -0.894. The highest BCUT2D eigenvalue weighted by Crippen LogP contribution is 2.36. The standard InChI is InChI=1S/C21H27N3O3/c1-15-18(16(2)23(3)22-15)9-10-19(25)24-13-11-21(12-14-24,20(26)27)17-7-5-4-6-8-17/h4-8H,9-14H2,1-3H3,(H,26,27). The summed E-state index contributed by atoms with van der Waals surface area (Å²) in [5.41, 5.74) is 3.12. The van der Waals surface area contributed by atoms with E-state index in [1.807, 2.05) is 60.8 Å². The molecule has 2 aromatic rings. The normalized spacial score (nSPS) is 16.3. The number of benzene rings is 1. The summed E-state index contributed by atoms with van der Waals surface area (Å²) in [6.07, 6.45) is 1.99. The van der Waals surface area contributed by atoms with Crippen LogP contribution in [0.25, 0.3) is 0 Å². The summed E-state index contributed by atoms with van der Waals surface area (Å²) in [5, 5.41) is 14.3. The molecule has 0 spiro atoms. The number of aryl methyl sites for hydroxylation is 2. The molecule has 0 bridgehead atoms. The summed E-state index contributed by atoms with van der Waals surface area (Å²) < 4.78 is 1.84. The highest BCUT2D eigenvalue weighted by Gasteiger charge is 2.43. The molecular formula is C21H27N3O3. The van der Waals surface area contributed by atoms with Crippen molar-refractivity contribution in [1.29, 1.82) is 0 Å². The molecule has 0 saturated carbocycles. The number of carbonyl (C=O) groups is 2. The number of nitrogens with zero attached hydrogens (tertiary/aromatic N) is 3. The van der Waals surface area contributed by atoms with Gasteiger partial charge in [-0.2, -0.15) is 5.10 Å². The van der Waals surface area contributed by atoms with Crippen molar-refractivity contribution in [2.24, 2.45) is 7.05 Å². The lowest BCUT2D eigenvalue weighted by atomic mass is 9.73. The van der Waals surface area contributed by atoms with Gasteiger partial charge in [-0.15, -0.1) is 0 Å². The smallest absolute Gasteiger partial charge is 0.314 e. The van der Waals surface area contributed by atoms with Crippen molar-refractivity contribution >= 4 is 11.9 Å². The average molecular weight is 369 g/mol. The van der Waals surface area contributed by atoms with Crippen molar-refractivity contribution in [3.8, 4) is 0 Å². The van der Waals surface area contributed by atoms with Crippen LogP contribution < -0.4 is 0 Å². The molecule has 1 aliphatic rings. The Kier molecular flexibility index (Phi) is 5.35. The summed E-state index contributed by atoms with van der Waals surface area (Å²) in [6, 6.07) is 9.38. The van der Waals surface area contributed by atoms with Crippen LogP contribution in [0.2, 0.25) is 0 Å². The van der Waals surface area contributed by atoms with E-state index in [0.29, 0.717) is 38.8 Å². The molecule has 0 unspecified atom stereocenters. The quantitative estimate of drug-likeness (QED) is 0.879. The molecule has 1 saturated heterocycles. The zero-order chi connectivity index (χ0) is 19.6. The van der Waals surface area contributed by atoms with Gasteiger partial charge in [-0.05, 0) is 44.2 Å². The third kappa shape index (κ3) is 3.61. The van der Waals surface area contributed by atoms with Gasteiger partial charge in [0.15, 0.2) is 0 Å². The van der Waals surface area contributed by atoms with Crippen molar-refractivity contribution in [3.63, 3.8) is 0 Å². The highest BCUT2D eigenvalue weighted by molar-refractivity contribution is 5.82. The molecule has 0 radical (unpaired) electrons. The van der Waals surface area contributed by atoms with Gasteiger partial charge >= 0.3 is 5.97 Å². The van der Waals surface area contributed by atoms with Crippen LogP contribution in [-0.2, 0) is 28.5 Å². The van der Waals surface area contributed by atoms with E-state index in [9.17, 15) is 14.7 Å². The van der Waals surface area contributed by atoms with Crippen molar-refractivity contribution in [2.45, 2.75) is 44.9 Å². The van der Waals surface area contributed by atoms with E-state index in [1.165, 1.54) is 0 Å². The number of aliphatic carboxylic acids is 1. The fraction of sp³-hybridized carbons (Fsp3) is 0.476. The number of carboxylic acid groups (broad SMARTS) is 1. The molecule has 0 aliphatic carbocycles. The predicted molar refractivity (Wildman–Crippen MR) is 103 cm³/mol. The maximum Gasteiger partial charge on any atom is 0.314 e. The lowest BCUT2D eigenvalue weighted by molar-refractivity contribution is -0.148. The number of aromatic nitrogens is 2. The Hall–Kier alpha value is -2.63. The predicted octanol–water partition coefficient (Wildman–Crippen LogP) is 2.61. The average Bonchev–Trinajstić information content (AvgIpc) is 2.92. The molecule has 1 N–H and O–H groups in total. The molecule has 144 valence electrons. The summed E-state index contributed by atoms with van der Waals surface area (Å²) in [7, 11) is 1.91. The van der Waals surface area contributed by atoms with Gasteiger partial charge in [0, 0.05) is 32.3 Å². The number of hydrogen-bond donors (Lipinski definition) is 1. The molecule has 0 atom stereocenters. The van der Waals surface area contributed by atoms with E-state index in [0.717, 1.165) is 22.5 Å². The molecule has 2 heterocycles. The topological polar surface area (TPSA) is 75.4 Å². The first kappa shape index (κ1) is 19.1. The molecule has 1 aliphatic heterocycles. The Labute approximate surface area is 159 Å². The minimum absolute atomic E-state index is 0.0877. The molecule has 3 rings (SSSR count). The second kappa shape index (κ2) is 7.55. The van der Waals surface area contributed by atoms with E-state index in [2.05, 4.69) is 5.10 Å². The van der Waals surface area contributed by atoms with Crippen LogP contribution >= 0.6 is 0 Å². The fourth-order valence-electron chi connectivity index (χ4n) is 4.09. The van der Waals surface area contributed by atoms with Crippen LogP contribution in [0.4, 0.5) is 0 Å². The summed E-state index contributed by atoms with van der Waals surface area (Å²) in [6.45, 7) is 4.94. The van der Waals surface area contributed by atoms with E-state index in [1.54, 1.807) is 0 Å². The zero-order valence-electron chi connectivity index (χ0n) is 16.2. The maximum absolute atomic E-state index is 12.7. The highest BCUT2D eigenvalue weighted by atomic mass is 16.4. The van der Waals surface area contributed by atoms with Crippen molar-refractivity contribution < 1.29 is 14.7 Å². The Balaban J connectivity index is 1.64. The van der Waals surface area contributed by atoms with Gasteiger partial charge in [0.1, 0.15) is 0 Å². The molecule has 1 aromatic heterocycles. The number of likely N-dealkylation sites (tertiary alicyclic amines) is 1. The lowest BCUT2D eigenvalue weighted by Crippen LogP contribution is -2.49. The third-order valence-corrected chi connectivity index (χ3v) is 5.95. The first-order valence-electron chi connectivity index (χ1n) is 9.41. The zero-order valence-corrected chi connectivity index (χ0v) is 16.2. The third-order valence-electron chi connectivity index (χ3n) is 5.95. The molecule has 1 amide bonds. The molecule has 6 heteroatoms. The van der Waals surface area contributed by atoms with E-state index in [4.69, 9.17) is 0 Å². The SMILES string of the molecule is Cc1nn(C)c(C)c1CCC(=O)N1CCC(C(=O)O)(c2ccccc2)CC1. The summed E-state index contributed by atoms with van der Waals surface area (Å²) >= 11 is 0. The molecule has 27 heavy (non-hydrogen) atoms. The number of hydrogen-bond acceptors (Lipinski definition) is 3. The van der Waals surface area contributed by atoms with E-state index < -0.39 is 11.4 Å².